The van der Waals surface area contributed by atoms with E-state index >= 15 is 0 Å². The van der Waals surface area contributed by atoms with Gasteiger partial charge in [0.25, 0.3) is 0 Å². The zero-order valence-electron chi connectivity index (χ0n) is 14.7. The number of aromatic nitrogens is 2. The Balaban J connectivity index is 2.42. The molecular formula is C18H18FN3O4. The minimum atomic E-state index is -1.23. The van der Waals surface area contributed by atoms with Crippen LogP contribution in [0, 0.1) is 5.82 Å². The molecule has 1 aromatic heterocycles. The van der Waals surface area contributed by atoms with Crippen LogP contribution in [0.4, 0.5) is 15.1 Å². The Morgan fingerprint density at radius 1 is 1.19 bits per heavy atom. The van der Waals surface area contributed by atoms with Crippen LogP contribution in [-0.2, 0) is 0 Å². The molecule has 0 saturated carbocycles. The van der Waals surface area contributed by atoms with Crippen LogP contribution in [0.15, 0.2) is 24.3 Å². The Kier molecular flexibility index (Phi) is 4.06. The highest BCUT2D eigenvalue weighted by atomic mass is 19.1. The van der Waals surface area contributed by atoms with Crippen LogP contribution in [0.1, 0.15) is 20.8 Å². The molecule has 2 aromatic carbocycles. The lowest BCUT2D eigenvalue weighted by molar-refractivity contribution is 0.195. The SMILES string of the molecule is COc1nc(N(C(=O)O)C(C)(C)C)nc2cc(O)c3ccc(F)cc3c12. The number of rotatable bonds is 2. The van der Waals surface area contributed by atoms with Crippen LogP contribution in [0.3, 0.4) is 0 Å². The summed E-state index contributed by atoms with van der Waals surface area (Å²) in [5.41, 5.74) is -0.562. The number of benzene rings is 2. The topological polar surface area (TPSA) is 95.8 Å². The van der Waals surface area contributed by atoms with Crippen molar-refractivity contribution in [2.75, 3.05) is 12.0 Å². The first-order chi connectivity index (χ1) is 12.1. The predicted molar refractivity (Wildman–Crippen MR) is 95.5 cm³/mol. The lowest BCUT2D eigenvalue weighted by Gasteiger charge is -2.31. The fourth-order valence-corrected chi connectivity index (χ4v) is 2.88. The van der Waals surface area contributed by atoms with Gasteiger partial charge in [-0.15, -0.1) is 0 Å². The molecule has 2 N–H and O–H groups in total. The van der Waals surface area contributed by atoms with E-state index in [1.54, 1.807) is 20.8 Å². The van der Waals surface area contributed by atoms with E-state index in [0.29, 0.717) is 16.2 Å². The summed E-state index contributed by atoms with van der Waals surface area (Å²) in [6.07, 6.45) is -1.23. The zero-order chi connectivity index (χ0) is 19.2. The summed E-state index contributed by atoms with van der Waals surface area (Å²) < 4.78 is 19.1. The Morgan fingerprint density at radius 3 is 2.46 bits per heavy atom. The molecule has 0 fully saturated rings. The number of phenolic OH excluding ortho intramolecular Hbond substituents is 1. The number of carboxylic acid groups (broad SMARTS) is 1. The van der Waals surface area contributed by atoms with Crippen LogP contribution in [0.25, 0.3) is 21.7 Å². The fourth-order valence-electron chi connectivity index (χ4n) is 2.88. The van der Waals surface area contributed by atoms with Gasteiger partial charge in [0.2, 0.25) is 11.8 Å². The fraction of sp³-hybridized carbons (Fsp3) is 0.278. The molecule has 0 radical (unpaired) electrons. The average molecular weight is 359 g/mol. The standard InChI is InChI=1S/C18H18FN3O4/c1-18(2,3)22(17(24)25)16-20-12-8-13(23)10-6-5-9(19)7-11(10)14(12)15(21-16)26-4/h5-8,23H,1-4H3,(H,24,25). The van der Waals surface area contributed by atoms with Crippen LogP contribution in [0.5, 0.6) is 11.6 Å². The van der Waals surface area contributed by atoms with E-state index in [0.717, 1.165) is 4.90 Å². The second-order valence-corrected chi connectivity index (χ2v) is 6.80. The number of methoxy groups -OCH3 is 1. The predicted octanol–water partition coefficient (Wildman–Crippen LogP) is 3.92. The lowest BCUT2D eigenvalue weighted by Crippen LogP contribution is -2.46. The van der Waals surface area contributed by atoms with E-state index < -0.39 is 17.4 Å². The van der Waals surface area contributed by atoms with Crippen molar-refractivity contribution >= 4 is 33.7 Å². The molecule has 0 unspecified atom stereocenters. The van der Waals surface area contributed by atoms with Crippen LogP contribution in [-0.4, -0.2) is 38.9 Å². The van der Waals surface area contributed by atoms with Crippen molar-refractivity contribution in [2.45, 2.75) is 26.3 Å². The number of amides is 1. The summed E-state index contributed by atoms with van der Waals surface area (Å²) in [4.78, 5) is 21.2. The minimum absolute atomic E-state index is 0.0931. The Hall–Kier alpha value is -3.16. The highest BCUT2D eigenvalue weighted by Crippen LogP contribution is 2.38. The summed E-state index contributed by atoms with van der Waals surface area (Å²) in [6, 6.07) is 5.32. The van der Waals surface area contributed by atoms with Crippen molar-refractivity contribution < 1.29 is 24.1 Å². The first kappa shape index (κ1) is 17.7. The van der Waals surface area contributed by atoms with Crippen molar-refractivity contribution in [3.05, 3.63) is 30.1 Å². The van der Waals surface area contributed by atoms with Crippen LogP contribution >= 0.6 is 0 Å². The van der Waals surface area contributed by atoms with Crippen LogP contribution < -0.4 is 9.64 Å². The molecule has 26 heavy (non-hydrogen) atoms. The van der Waals surface area contributed by atoms with Gasteiger partial charge in [-0.2, -0.15) is 4.98 Å². The molecule has 0 saturated heterocycles. The van der Waals surface area contributed by atoms with E-state index in [9.17, 15) is 19.4 Å². The smallest absolute Gasteiger partial charge is 0.414 e. The molecule has 3 aromatic rings. The summed E-state index contributed by atoms with van der Waals surface area (Å²) in [5, 5.41) is 21.0. The number of hydrogen-bond acceptors (Lipinski definition) is 5. The van der Waals surface area contributed by atoms with Crippen LogP contribution in [0.2, 0.25) is 0 Å². The quantitative estimate of drug-likeness (QED) is 0.673. The van der Waals surface area contributed by atoms with Crippen molar-refractivity contribution in [1.82, 2.24) is 9.97 Å². The number of hydrogen-bond donors (Lipinski definition) is 2. The van der Waals surface area contributed by atoms with Gasteiger partial charge in [0, 0.05) is 22.4 Å². The summed E-state index contributed by atoms with van der Waals surface area (Å²) in [6.45, 7) is 5.11. The van der Waals surface area contributed by atoms with Gasteiger partial charge in [-0.1, -0.05) is 0 Å². The Bertz CT molecular complexity index is 1030. The van der Waals surface area contributed by atoms with E-state index in [-0.39, 0.29) is 23.1 Å². The number of fused-ring (bicyclic) bond motifs is 3. The maximum Gasteiger partial charge on any atom is 0.414 e. The van der Waals surface area contributed by atoms with Crippen molar-refractivity contribution in [3.63, 3.8) is 0 Å². The average Bonchev–Trinajstić information content (AvgIpc) is 2.51. The Morgan fingerprint density at radius 2 is 1.88 bits per heavy atom. The molecule has 0 bridgehead atoms. The zero-order valence-corrected chi connectivity index (χ0v) is 14.7. The normalized spacial score (nSPS) is 11.7. The van der Waals surface area contributed by atoms with Gasteiger partial charge < -0.3 is 14.9 Å². The highest BCUT2D eigenvalue weighted by Gasteiger charge is 2.31. The maximum absolute atomic E-state index is 13.8. The van der Waals surface area contributed by atoms with Gasteiger partial charge in [0.15, 0.2) is 0 Å². The molecule has 0 spiro atoms. The van der Waals surface area contributed by atoms with Gasteiger partial charge in [-0.25, -0.2) is 19.1 Å². The third-order valence-electron chi connectivity index (χ3n) is 3.95. The van der Waals surface area contributed by atoms with Gasteiger partial charge in [-0.05, 0) is 39.0 Å². The third-order valence-corrected chi connectivity index (χ3v) is 3.95. The lowest BCUT2D eigenvalue weighted by atomic mass is 10.0. The largest absolute Gasteiger partial charge is 0.507 e. The molecule has 0 aliphatic rings. The molecule has 1 heterocycles. The first-order valence-electron chi connectivity index (χ1n) is 7.83. The summed E-state index contributed by atoms with van der Waals surface area (Å²) in [7, 11) is 1.38. The molecule has 8 heteroatoms. The number of halogens is 1. The molecule has 136 valence electrons. The molecule has 1 amide bonds. The number of anilines is 1. The van der Waals surface area contributed by atoms with E-state index in [2.05, 4.69) is 9.97 Å². The maximum atomic E-state index is 13.8. The van der Waals surface area contributed by atoms with Gasteiger partial charge >= 0.3 is 6.09 Å². The summed E-state index contributed by atoms with van der Waals surface area (Å²) in [5.74, 6) is -0.588. The van der Waals surface area contributed by atoms with E-state index in [1.807, 2.05) is 0 Å². The van der Waals surface area contributed by atoms with E-state index in [4.69, 9.17) is 4.74 Å². The first-order valence-corrected chi connectivity index (χ1v) is 7.83. The number of phenols is 1. The highest BCUT2D eigenvalue weighted by molar-refractivity contribution is 6.11. The number of carbonyl (C=O) groups is 1. The van der Waals surface area contributed by atoms with Gasteiger partial charge in [0.1, 0.15) is 11.6 Å². The molecule has 0 atom stereocenters. The van der Waals surface area contributed by atoms with E-state index in [1.165, 1.54) is 31.4 Å². The second kappa shape index (κ2) is 5.98. The molecule has 7 nitrogen and oxygen atoms in total. The molecular weight excluding hydrogens is 341 g/mol. The van der Waals surface area contributed by atoms with Crippen molar-refractivity contribution in [2.24, 2.45) is 0 Å². The molecule has 0 aliphatic heterocycles. The Labute approximate surface area is 148 Å². The van der Waals surface area contributed by atoms with Crippen molar-refractivity contribution in [1.29, 1.82) is 0 Å². The van der Waals surface area contributed by atoms with Gasteiger partial charge in [-0.3, -0.25) is 0 Å². The van der Waals surface area contributed by atoms with Crippen molar-refractivity contribution in [3.8, 4) is 11.6 Å². The minimum Gasteiger partial charge on any atom is -0.507 e. The third kappa shape index (κ3) is 2.83. The number of ether oxygens (including phenoxy) is 1. The van der Waals surface area contributed by atoms with Gasteiger partial charge in [0.05, 0.1) is 18.0 Å². The monoisotopic (exact) mass is 359 g/mol. The molecule has 3 rings (SSSR count). The summed E-state index contributed by atoms with van der Waals surface area (Å²) >= 11 is 0. The second-order valence-electron chi connectivity index (χ2n) is 6.80. The number of aromatic hydroxyl groups is 1. The number of nitrogens with zero attached hydrogens (tertiary/aromatic N) is 3. The molecule has 0 aliphatic carbocycles.